The minimum atomic E-state index is -0.421. The highest BCUT2D eigenvalue weighted by atomic mass is 32.1. The molecule has 1 N–H and O–H groups in total. The van der Waals surface area contributed by atoms with Crippen molar-refractivity contribution in [2.24, 2.45) is 0 Å². The molecule has 0 aliphatic rings. The molecule has 142 valence electrons. The van der Waals surface area contributed by atoms with Gasteiger partial charge in [0, 0.05) is 17.7 Å². The molecule has 6 heteroatoms. The molecule has 1 amide bonds. The molecule has 0 saturated carbocycles. The lowest BCUT2D eigenvalue weighted by Crippen LogP contribution is -2.12. The molecule has 0 aliphatic heterocycles. The second-order valence-electron chi connectivity index (χ2n) is 6.08. The van der Waals surface area contributed by atoms with Crippen molar-refractivity contribution in [1.29, 1.82) is 0 Å². The van der Waals surface area contributed by atoms with Crippen molar-refractivity contribution >= 4 is 34.7 Å². The van der Waals surface area contributed by atoms with E-state index in [9.17, 15) is 14.4 Å². The molecule has 0 aliphatic carbocycles. The molecule has 0 unspecified atom stereocenters. The second-order valence-corrected chi connectivity index (χ2v) is 7.03. The van der Waals surface area contributed by atoms with Crippen LogP contribution in [-0.4, -0.2) is 17.7 Å². The highest BCUT2D eigenvalue weighted by molar-refractivity contribution is 7.12. The molecule has 1 heterocycles. The van der Waals surface area contributed by atoms with E-state index in [-0.39, 0.29) is 31.1 Å². The van der Waals surface area contributed by atoms with Crippen LogP contribution >= 0.6 is 11.3 Å². The van der Waals surface area contributed by atoms with Gasteiger partial charge in [-0.2, -0.15) is 0 Å². The highest BCUT2D eigenvalue weighted by Crippen LogP contribution is 2.14. The Labute approximate surface area is 167 Å². The third-order valence-electron chi connectivity index (χ3n) is 4.00. The van der Waals surface area contributed by atoms with Gasteiger partial charge in [0.05, 0.1) is 11.3 Å². The average Bonchev–Trinajstić information content (AvgIpc) is 3.26. The van der Waals surface area contributed by atoms with Crippen LogP contribution in [0.1, 0.15) is 38.4 Å². The SMILES string of the molecule is O=C(CCC(=O)c1cccs1)OCc1ccc(C(=O)Nc2ccccc2)cc1. The number of anilines is 1. The van der Waals surface area contributed by atoms with E-state index in [4.69, 9.17) is 4.74 Å². The van der Waals surface area contributed by atoms with Crippen molar-refractivity contribution in [1.82, 2.24) is 0 Å². The van der Waals surface area contributed by atoms with Gasteiger partial charge in [0.15, 0.2) is 5.78 Å². The second kappa shape index (κ2) is 9.62. The number of hydrogen-bond donors (Lipinski definition) is 1. The van der Waals surface area contributed by atoms with Crippen molar-refractivity contribution in [3.05, 3.63) is 88.1 Å². The fourth-order valence-corrected chi connectivity index (χ4v) is 3.18. The van der Waals surface area contributed by atoms with E-state index in [1.165, 1.54) is 11.3 Å². The molecule has 28 heavy (non-hydrogen) atoms. The van der Waals surface area contributed by atoms with E-state index < -0.39 is 5.97 Å². The van der Waals surface area contributed by atoms with E-state index in [2.05, 4.69) is 5.32 Å². The standard InChI is InChI=1S/C22H19NO4S/c24-19(20-7-4-14-28-20)12-13-21(25)27-15-16-8-10-17(11-9-16)22(26)23-18-5-2-1-3-6-18/h1-11,14H,12-13,15H2,(H,23,26). The number of ketones is 1. The summed E-state index contributed by atoms with van der Waals surface area (Å²) in [7, 11) is 0. The Morgan fingerprint density at radius 2 is 1.61 bits per heavy atom. The lowest BCUT2D eigenvalue weighted by molar-refractivity contribution is -0.144. The van der Waals surface area contributed by atoms with Gasteiger partial charge < -0.3 is 10.1 Å². The van der Waals surface area contributed by atoms with Crippen molar-refractivity contribution < 1.29 is 19.1 Å². The van der Waals surface area contributed by atoms with Crippen molar-refractivity contribution in [2.75, 3.05) is 5.32 Å². The quantitative estimate of drug-likeness (QED) is 0.444. The number of nitrogens with one attached hydrogen (secondary N) is 1. The summed E-state index contributed by atoms with van der Waals surface area (Å²) >= 11 is 1.36. The number of rotatable bonds is 8. The number of para-hydroxylation sites is 1. The molecule has 0 spiro atoms. The summed E-state index contributed by atoms with van der Waals surface area (Å²) in [6.07, 6.45) is 0.187. The smallest absolute Gasteiger partial charge is 0.306 e. The summed E-state index contributed by atoms with van der Waals surface area (Å²) in [5.74, 6) is -0.682. The van der Waals surface area contributed by atoms with Crippen LogP contribution in [0.25, 0.3) is 0 Å². The van der Waals surface area contributed by atoms with Gasteiger partial charge in [0.25, 0.3) is 5.91 Å². The number of ether oxygens (including phenoxy) is 1. The third-order valence-corrected chi connectivity index (χ3v) is 4.91. The number of amides is 1. The minimum Gasteiger partial charge on any atom is -0.461 e. The molecule has 5 nitrogen and oxygen atoms in total. The van der Waals surface area contributed by atoms with Gasteiger partial charge in [-0.15, -0.1) is 11.3 Å². The molecule has 2 aromatic carbocycles. The maximum absolute atomic E-state index is 12.2. The first-order valence-corrected chi connectivity index (χ1v) is 9.67. The van der Waals surface area contributed by atoms with Gasteiger partial charge >= 0.3 is 5.97 Å². The topological polar surface area (TPSA) is 72.5 Å². The van der Waals surface area contributed by atoms with Crippen LogP contribution in [0.4, 0.5) is 5.69 Å². The van der Waals surface area contributed by atoms with Crippen molar-refractivity contribution in [3.63, 3.8) is 0 Å². The predicted molar refractivity (Wildman–Crippen MR) is 109 cm³/mol. The maximum atomic E-state index is 12.2. The largest absolute Gasteiger partial charge is 0.461 e. The molecule has 3 aromatic rings. The van der Waals surface area contributed by atoms with Crippen LogP contribution in [0, 0.1) is 0 Å². The van der Waals surface area contributed by atoms with E-state index in [0.717, 1.165) is 11.3 Å². The molecule has 0 fully saturated rings. The van der Waals surface area contributed by atoms with E-state index in [0.29, 0.717) is 10.4 Å². The average molecular weight is 393 g/mol. The molecule has 0 radical (unpaired) electrons. The van der Waals surface area contributed by atoms with Gasteiger partial charge in [0.1, 0.15) is 6.61 Å². The number of esters is 1. The van der Waals surface area contributed by atoms with Crippen LogP contribution < -0.4 is 5.32 Å². The lowest BCUT2D eigenvalue weighted by Gasteiger charge is -2.07. The van der Waals surface area contributed by atoms with Crippen molar-refractivity contribution in [3.8, 4) is 0 Å². The maximum Gasteiger partial charge on any atom is 0.306 e. The first-order chi connectivity index (χ1) is 13.6. The third kappa shape index (κ3) is 5.62. The number of hydrogen-bond acceptors (Lipinski definition) is 5. The van der Waals surface area contributed by atoms with Crippen LogP contribution in [0.15, 0.2) is 72.1 Å². The zero-order valence-electron chi connectivity index (χ0n) is 15.1. The fraction of sp³-hybridized carbons (Fsp3) is 0.136. The van der Waals surface area contributed by atoms with Gasteiger partial charge in [-0.25, -0.2) is 0 Å². The Balaban J connectivity index is 1.44. The normalized spacial score (nSPS) is 10.3. The molecular weight excluding hydrogens is 374 g/mol. The Morgan fingerprint density at radius 3 is 2.29 bits per heavy atom. The summed E-state index contributed by atoms with van der Waals surface area (Å²) in [6.45, 7) is 0.104. The van der Waals surface area contributed by atoms with Crippen molar-refractivity contribution in [2.45, 2.75) is 19.4 Å². The van der Waals surface area contributed by atoms with Crippen LogP contribution in [-0.2, 0) is 16.1 Å². The number of Topliss-reactive ketones (excluding diaryl/α,β-unsaturated/α-hetero) is 1. The summed E-state index contributed by atoms with van der Waals surface area (Å²) in [5.41, 5.74) is 2.01. The molecule has 0 saturated heterocycles. The monoisotopic (exact) mass is 393 g/mol. The number of carbonyl (C=O) groups excluding carboxylic acids is 3. The van der Waals surface area contributed by atoms with Crippen LogP contribution in [0.5, 0.6) is 0 Å². The predicted octanol–water partition coefficient (Wildman–Crippen LogP) is 4.71. The fourth-order valence-electron chi connectivity index (χ4n) is 2.49. The highest BCUT2D eigenvalue weighted by Gasteiger charge is 2.11. The number of thiophene rings is 1. The Morgan fingerprint density at radius 1 is 0.857 bits per heavy atom. The Kier molecular flexibility index (Phi) is 6.70. The Bertz CT molecular complexity index is 934. The molecule has 0 atom stereocenters. The summed E-state index contributed by atoms with van der Waals surface area (Å²) in [4.78, 5) is 36.6. The summed E-state index contributed by atoms with van der Waals surface area (Å²) < 4.78 is 5.20. The zero-order valence-corrected chi connectivity index (χ0v) is 15.9. The van der Waals surface area contributed by atoms with Crippen LogP contribution in [0.2, 0.25) is 0 Å². The minimum absolute atomic E-state index is 0.0499. The van der Waals surface area contributed by atoms with Gasteiger partial charge in [0.2, 0.25) is 0 Å². The van der Waals surface area contributed by atoms with E-state index in [1.807, 2.05) is 35.7 Å². The van der Waals surface area contributed by atoms with E-state index in [1.54, 1.807) is 36.4 Å². The number of benzene rings is 2. The molecule has 1 aromatic heterocycles. The van der Waals surface area contributed by atoms with Gasteiger partial charge in [-0.05, 0) is 41.3 Å². The molecular formula is C22H19NO4S. The Hall–Kier alpha value is -3.25. The van der Waals surface area contributed by atoms with Gasteiger partial charge in [-0.3, -0.25) is 14.4 Å². The molecule has 0 bridgehead atoms. The lowest BCUT2D eigenvalue weighted by atomic mass is 10.1. The first-order valence-electron chi connectivity index (χ1n) is 8.79. The van der Waals surface area contributed by atoms with E-state index >= 15 is 0 Å². The van der Waals surface area contributed by atoms with Crippen LogP contribution in [0.3, 0.4) is 0 Å². The summed E-state index contributed by atoms with van der Waals surface area (Å²) in [5, 5.41) is 4.64. The van der Waals surface area contributed by atoms with Gasteiger partial charge in [-0.1, -0.05) is 36.4 Å². The first kappa shape index (κ1) is 19.5. The molecule has 3 rings (SSSR count). The zero-order chi connectivity index (χ0) is 19.8. The summed E-state index contributed by atoms with van der Waals surface area (Å²) in [6, 6.07) is 19.6. The number of carbonyl (C=O) groups is 3.